The molecule has 3 heterocycles. The van der Waals surface area contributed by atoms with E-state index in [-0.39, 0.29) is 5.91 Å². The summed E-state index contributed by atoms with van der Waals surface area (Å²) >= 11 is 1.41. The number of carbonyl (C=O) groups excluding carboxylic acids is 1. The number of rotatable bonds is 5. The lowest BCUT2D eigenvalue weighted by Gasteiger charge is -2.25. The molecule has 2 aromatic heterocycles. The Morgan fingerprint density at radius 3 is 2.78 bits per heavy atom. The molecule has 140 valence electrons. The molecule has 1 amide bonds. The van der Waals surface area contributed by atoms with Gasteiger partial charge in [-0.25, -0.2) is 4.98 Å². The van der Waals surface area contributed by atoms with Crippen LogP contribution in [0.4, 0.5) is 5.13 Å². The quantitative estimate of drug-likeness (QED) is 0.725. The Morgan fingerprint density at radius 2 is 2.00 bits per heavy atom. The highest BCUT2D eigenvalue weighted by Gasteiger charge is 2.18. The fraction of sp³-hybridized carbons (Fsp3) is 0.333. The Balaban J connectivity index is 1.43. The van der Waals surface area contributed by atoms with Crippen molar-refractivity contribution in [2.45, 2.75) is 13.5 Å². The van der Waals surface area contributed by atoms with Crippen LogP contribution in [-0.4, -0.2) is 57.1 Å². The van der Waals surface area contributed by atoms with E-state index in [0.717, 1.165) is 44.2 Å². The van der Waals surface area contributed by atoms with E-state index in [0.29, 0.717) is 16.5 Å². The Hall–Kier alpha value is -2.62. The summed E-state index contributed by atoms with van der Waals surface area (Å²) in [7, 11) is 0. The number of aromatic nitrogens is 4. The molecule has 1 aromatic carbocycles. The van der Waals surface area contributed by atoms with Crippen molar-refractivity contribution < 1.29 is 9.53 Å². The second kappa shape index (κ2) is 7.95. The second-order valence-corrected chi connectivity index (χ2v) is 7.10. The number of anilines is 1. The third-order valence-corrected chi connectivity index (χ3v) is 5.05. The summed E-state index contributed by atoms with van der Waals surface area (Å²) in [4.78, 5) is 20.9. The van der Waals surface area contributed by atoms with Crippen LogP contribution >= 0.6 is 11.3 Å². The van der Waals surface area contributed by atoms with Gasteiger partial charge in [0.05, 0.1) is 30.3 Å². The van der Waals surface area contributed by atoms with Crippen molar-refractivity contribution in [2.24, 2.45) is 0 Å². The number of amides is 1. The summed E-state index contributed by atoms with van der Waals surface area (Å²) in [5, 5.41) is 14.0. The van der Waals surface area contributed by atoms with Crippen LogP contribution in [0.25, 0.3) is 5.69 Å². The SMILES string of the molecule is Cc1nn(-c2ccccc2)nc1C(=O)Nc1nc(CN2CCOCC2)cs1. The highest BCUT2D eigenvalue weighted by molar-refractivity contribution is 7.13. The number of aryl methyl sites for hydroxylation is 1. The first-order valence-electron chi connectivity index (χ1n) is 8.74. The first-order chi connectivity index (χ1) is 13.2. The van der Waals surface area contributed by atoms with Crippen LogP contribution < -0.4 is 5.32 Å². The molecule has 1 saturated heterocycles. The first kappa shape index (κ1) is 17.8. The fourth-order valence-corrected chi connectivity index (χ4v) is 3.54. The molecule has 0 radical (unpaired) electrons. The Labute approximate surface area is 160 Å². The summed E-state index contributed by atoms with van der Waals surface area (Å²) in [5.41, 5.74) is 2.62. The standard InChI is InChI=1S/C18H20N6O2S/c1-13-16(22-24(21-13)15-5-3-2-4-6-15)17(25)20-18-19-14(12-27-18)11-23-7-9-26-10-8-23/h2-6,12H,7-11H2,1H3,(H,19,20,25). The van der Waals surface area contributed by atoms with E-state index in [1.807, 2.05) is 35.7 Å². The van der Waals surface area contributed by atoms with Crippen molar-refractivity contribution >= 4 is 22.4 Å². The van der Waals surface area contributed by atoms with Crippen molar-refractivity contribution in [1.29, 1.82) is 0 Å². The Kier molecular flexibility index (Phi) is 5.23. The first-order valence-corrected chi connectivity index (χ1v) is 9.62. The van der Waals surface area contributed by atoms with Gasteiger partial charge in [0.1, 0.15) is 0 Å². The topological polar surface area (TPSA) is 85.2 Å². The van der Waals surface area contributed by atoms with Crippen molar-refractivity contribution in [3.05, 3.63) is 52.8 Å². The largest absolute Gasteiger partial charge is 0.379 e. The summed E-state index contributed by atoms with van der Waals surface area (Å²) in [6.07, 6.45) is 0. The van der Waals surface area contributed by atoms with E-state index in [1.165, 1.54) is 16.1 Å². The summed E-state index contributed by atoms with van der Waals surface area (Å²) in [5.74, 6) is -0.304. The van der Waals surface area contributed by atoms with Crippen molar-refractivity contribution in [2.75, 3.05) is 31.6 Å². The molecule has 27 heavy (non-hydrogen) atoms. The zero-order valence-electron chi connectivity index (χ0n) is 15.0. The molecule has 1 aliphatic heterocycles. The van der Waals surface area contributed by atoms with E-state index in [9.17, 15) is 4.79 Å². The van der Waals surface area contributed by atoms with Crippen LogP contribution in [0.15, 0.2) is 35.7 Å². The highest BCUT2D eigenvalue weighted by atomic mass is 32.1. The number of carbonyl (C=O) groups is 1. The van der Waals surface area contributed by atoms with Crippen LogP contribution in [0.5, 0.6) is 0 Å². The van der Waals surface area contributed by atoms with E-state index < -0.39 is 0 Å². The number of para-hydroxylation sites is 1. The zero-order chi connectivity index (χ0) is 18.6. The van der Waals surface area contributed by atoms with Gasteiger partial charge in [-0.05, 0) is 19.1 Å². The lowest BCUT2D eigenvalue weighted by atomic mass is 10.3. The number of thiazole rings is 1. The normalized spacial score (nSPS) is 15.0. The number of nitrogens with one attached hydrogen (secondary N) is 1. The molecule has 0 spiro atoms. The lowest BCUT2D eigenvalue weighted by Crippen LogP contribution is -2.35. The number of ether oxygens (including phenoxy) is 1. The van der Waals surface area contributed by atoms with E-state index in [4.69, 9.17) is 4.74 Å². The minimum atomic E-state index is -0.304. The van der Waals surface area contributed by atoms with Gasteiger partial charge >= 0.3 is 0 Å². The maximum Gasteiger partial charge on any atom is 0.279 e. The van der Waals surface area contributed by atoms with Gasteiger partial charge in [-0.1, -0.05) is 18.2 Å². The molecule has 3 aromatic rings. The average molecular weight is 384 g/mol. The fourth-order valence-electron chi connectivity index (χ4n) is 2.85. The Morgan fingerprint density at radius 1 is 1.22 bits per heavy atom. The van der Waals surface area contributed by atoms with Crippen LogP contribution in [0, 0.1) is 6.92 Å². The van der Waals surface area contributed by atoms with Crippen LogP contribution in [0.2, 0.25) is 0 Å². The molecule has 1 fully saturated rings. The molecule has 1 aliphatic rings. The van der Waals surface area contributed by atoms with Crippen molar-refractivity contribution in [3.8, 4) is 5.69 Å². The number of benzene rings is 1. The number of nitrogens with zero attached hydrogens (tertiary/aromatic N) is 5. The molecule has 0 aliphatic carbocycles. The van der Waals surface area contributed by atoms with E-state index in [1.54, 1.807) is 6.92 Å². The third kappa shape index (κ3) is 4.21. The molecule has 9 heteroatoms. The number of hydrogen-bond acceptors (Lipinski definition) is 7. The average Bonchev–Trinajstić information content (AvgIpc) is 3.29. The summed E-state index contributed by atoms with van der Waals surface area (Å²) in [6, 6.07) is 9.50. The predicted molar refractivity (Wildman–Crippen MR) is 102 cm³/mol. The molecule has 0 bridgehead atoms. The van der Waals surface area contributed by atoms with Gasteiger partial charge < -0.3 is 4.74 Å². The second-order valence-electron chi connectivity index (χ2n) is 6.25. The Bertz CT molecular complexity index is 917. The van der Waals surface area contributed by atoms with Gasteiger partial charge in [0.15, 0.2) is 10.8 Å². The molecule has 4 rings (SSSR count). The molecule has 8 nitrogen and oxygen atoms in total. The van der Waals surface area contributed by atoms with Gasteiger partial charge in [0, 0.05) is 25.0 Å². The van der Waals surface area contributed by atoms with Gasteiger partial charge in [-0.15, -0.1) is 16.4 Å². The van der Waals surface area contributed by atoms with Crippen molar-refractivity contribution in [3.63, 3.8) is 0 Å². The van der Waals surface area contributed by atoms with Gasteiger partial charge in [0.25, 0.3) is 5.91 Å². The molecule has 0 atom stereocenters. The van der Waals surface area contributed by atoms with Crippen molar-refractivity contribution in [1.82, 2.24) is 24.9 Å². The smallest absolute Gasteiger partial charge is 0.279 e. The summed E-state index contributed by atoms with van der Waals surface area (Å²) in [6.45, 7) is 5.85. The van der Waals surface area contributed by atoms with Gasteiger partial charge in [-0.2, -0.15) is 9.90 Å². The maximum absolute atomic E-state index is 12.6. The number of hydrogen-bond donors (Lipinski definition) is 1. The molecule has 0 saturated carbocycles. The summed E-state index contributed by atoms with van der Waals surface area (Å²) < 4.78 is 5.36. The minimum Gasteiger partial charge on any atom is -0.379 e. The van der Waals surface area contributed by atoms with Gasteiger partial charge in [-0.3, -0.25) is 15.0 Å². The number of morpholine rings is 1. The predicted octanol–water partition coefficient (Wildman–Crippen LogP) is 2.12. The molecular formula is C18H20N6O2S. The molecule has 1 N–H and O–H groups in total. The lowest BCUT2D eigenvalue weighted by molar-refractivity contribution is 0.0337. The highest BCUT2D eigenvalue weighted by Crippen LogP contribution is 2.18. The molecular weight excluding hydrogens is 364 g/mol. The third-order valence-electron chi connectivity index (χ3n) is 4.25. The monoisotopic (exact) mass is 384 g/mol. The van der Waals surface area contributed by atoms with Crippen LogP contribution in [0.1, 0.15) is 21.9 Å². The van der Waals surface area contributed by atoms with Crippen LogP contribution in [0.3, 0.4) is 0 Å². The molecule has 0 unspecified atom stereocenters. The van der Waals surface area contributed by atoms with Gasteiger partial charge in [0.2, 0.25) is 0 Å². The van der Waals surface area contributed by atoms with Crippen LogP contribution in [-0.2, 0) is 11.3 Å². The zero-order valence-corrected chi connectivity index (χ0v) is 15.8. The van der Waals surface area contributed by atoms with E-state index in [2.05, 4.69) is 25.4 Å². The maximum atomic E-state index is 12.6. The van der Waals surface area contributed by atoms with E-state index >= 15 is 0 Å². The minimum absolute atomic E-state index is 0.295.